The number of amides is 1. The first-order valence-electron chi connectivity index (χ1n) is 9.87. The maximum atomic E-state index is 12.9. The summed E-state index contributed by atoms with van der Waals surface area (Å²) in [5, 5.41) is 3.99. The number of hydrogen-bond donors (Lipinski definition) is 0. The molecule has 27 heavy (non-hydrogen) atoms. The van der Waals surface area contributed by atoms with Crippen molar-refractivity contribution >= 4 is 5.91 Å². The molecule has 0 atom stereocenters. The van der Waals surface area contributed by atoms with Crippen LogP contribution in [0.1, 0.15) is 77.4 Å². The quantitative estimate of drug-likeness (QED) is 0.804. The van der Waals surface area contributed by atoms with E-state index in [-0.39, 0.29) is 5.91 Å². The van der Waals surface area contributed by atoms with Crippen LogP contribution in [0.5, 0.6) is 0 Å². The molecule has 1 aliphatic carbocycles. The van der Waals surface area contributed by atoms with Crippen molar-refractivity contribution < 1.29 is 14.1 Å². The molecule has 4 rings (SSSR count). The van der Waals surface area contributed by atoms with Gasteiger partial charge in [-0.2, -0.15) is 0 Å². The number of aromatic nitrogens is 3. The smallest absolute Gasteiger partial charge is 0.276 e. The highest BCUT2D eigenvalue weighted by molar-refractivity contribution is 5.93. The molecular formula is C20H28N4O3. The molecule has 0 N–H and O–H groups in total. The standard InChI is InChI=1S/C20H28N4O3/c1-13-11-21-19(15-5-4-6-15)24(13)16-7-9-23(10-8-16)20(25)18-17(12-26-3)14(2)27-22-18/h11,15-16H,4-10,12H2,1-3H3. The van der Waals surface area contributed by atoms with Crippen LogP contribution >= 0.6 is 0 Å². The van der Waals surface area contributed by atoms with Gasteiger partial charge in [0.1, 0.15) is 11.6 Å². The second-order valence-corrected chi connectivity index (χ2v) is 7.78. The normalized spacial score (nSPS) is 18.7. The molecule has 1 amide bonds. The van der Waals surface area contributed by atoms with Gasteiger partial charge >= 0.3 is 0 Å². The molecule has 7 nitrogen and oxygen atoms in total. The van der Waals surface area contributed by atoms with E-state index in [4.69, 9.17) is 14.2 Å². The lowest BCUT2D eigenvalue weighted by Crippen LogP contribution is -2.40. The predicted octanol–water partition coefficient (Wildman–Crippen LogP) is 3.38. The van der Waals surface area contributed by atoms with E-state index >= 15 is 0 Å². The second-order valence-electron chi connectivity index (χ2n) is 7.78. The number of rotatable bonds is 5. The van der Waals surface area contributed by atoms with Gasteiger partial charge in [-0.15, -0.1) is 0 Å². The minimum Gasteiger partial charge on any atom is -0.380 e. The third-order valence-electron chi connectivity index (χ3n) is 6.07. The maximum Gasteiger partial charge on any atom is 0.276 e. The van der Waals surface area contributed by atoms with Crippen LogP contribution in [0.3, 0.4) is 0 Å². The van der Waals surface area contributed by atoms with Crippen molar-refractivity contribution in [3.8, 4) is 0 Å². The fourth-order valence-corrected chi connectivity index (χ4v) is 4.26. The summed E-state index contributed by atoms with van der Waals surface area (Å²) >= 11 is 0. The van der Waals surface area contributed by atoms with Gasteiger partial charge in [0.15, 0.2) is 5.69 Å². The molecule has 0 unspecified atom stereocenters. The molecule has 2 aromatic rings. The largest absolute Gasteiger partial charge is 0.380 e. The monoisotopic (exact) mass is 372 g/mol. The van der Waals surface area contributed by atoms with E-state index in [1.54, 1.807) is 7.11 Å². The first kappa shape index (κ1) is 18.2. The Hall–Kier alpha value is -2.15. The summed E-state index contributed by atoms with van der Waals surface area (Å²) in [4.78, 5) is 19.5. The van der Waals surface area contributed by atoms with Crippen molar-refractivity contribution in [1.82, 2.24) is 19.6 Å². The molecule has 1 saturated heterocycles. The van der Waals surface area contributed by atoms with Gasteiger partial charge in [-0.05, 0) is 39.5 Å². The summed E-state index contributed by atoms with van der Waals surface area (Å²) in [7, 11) is 1.61. The highest BCUT2D eigenvalue weighted by atomic mass is 16.5. The van der Waals surface area contributed by atoms with Gasteiger partial charge in [0, 0.05) is 44.0 Å². The number of carbonyl (C=O) groups is 1. The van der Waals surface area contributed by atoms with Gasteiger partial charge in [-0.1, -0.05) is 11.6 Å². The zero-order valence-corrected chi connectivity index (χ0v) is 16.4. The minimum atomic E-state index is -0.0566. The third kappa shape index (κ3) is 3.29. The van der Waals surface area contributed by atoms with Gasteiger partial charge in [-0.3, -0.25) is 4.79 Å². The molecule has 0 spiro atoms. The van der Waals surface area contributed by atoms with Crippen LogP contribution in [0, 0.1) is 13.8 Å². The van der Waals surface area contributed by atoms with Crippen LogP contribution in [0.15, 0.2) is 10.7 Å². The summed E-state index contributed by atoms with van der Waals surface area (Å²) in [6.45, 7) is 5.75. The summed E-state index contributed by atoms with van der Waals surface area (Å²) in [6, 6.07) is 0.421. The molecular weight excluding hydrogens is 344 g/mol. The van der Waals surface area contributed by atoms with Crippen molar-refractivity contribution in [1.29, 1.82) is 0 Å². The van der Waals surface area contributed by atoms with Crippen LogP contribution in [0.2, 0.25) is 0 Å². The van der Waals surface area contributed by atoms with E-state index in [1.165, 1.54) is 30.8 Å². The van der Waals surface area contributed by atoms with Gasteiger partial charge in [-0.25, -0.2) is 4.98 Å². The molecule has 0 bridgehead atoms. The van der Waals surface area contributed by atoms with Crippen molar-refractivity contribution in [3.63, 3.8) is 0 Å². The number of imidazole rings is 1. The summed E-state index contributed by atoms with van der Waals surface area (Å²) < 4.78 is 12.9. The number of aryl methyl sites for hydroxylation is 2. The van der Waals surface area contributed by atoms with E-state index in [2.05, 4.69) is 16.6 Å². The fourth-order valence-electron chi connectivity index (χ4n) is 4.26. The van der Waals surface area contributed by atoms with E-state index < -0.39 is 0 Å². The van der Waals surface area contributed by atoms with Gasteiger partial charge < -0.3 is 18.7 Å². The Bertz CT molecular complexity index is 813. The number of methoxy groups -OCH3 is 1. The van der Waals surface area contributed by atoms with E-state index in [1.807, 2.05) is 18.0 Å². The summed E-state index contributed by atoms with van der Waals surface area (Å²) in [6.07, 6.45) is 7.70. The third-order valence-corrected chi connectivity index (χ3v) is 6.07. The second kappa shape index (κ2) is 7.46. The summed E-state index contributed by atoms with van der Waals surface area (Å²) in [5.41, 5.74) is 2.38. The average molecular weight is 372 g/mol. The number of ether oxygens (including phenoxy) is 1. The van der Waals surface area contributed by atoms with E-state index in [9.17, 15) is 4.79 Å². The van der Waals surface area contributed by atoms with E-state index in [0.29, 0.717) is 30.0 Å². The Morgan fingerprint density at radius 1 is 1.26 bits per heavy atom. The highest BCUT2D eigenvalue weighted by Gasteiger charge is 2.32. The Balaban J connectivity index is 1.45. The maximum absolute atomic E-state index is 12.9. The number of likely N-dealkylation sites (tertiary alicyclic amines) is 1. The number of hydrogen-bond acceptors (Lipinski definition) is 5. The summed E-state index contributed by atoms with van der Waals surface area (Å²) in [5.74, 6) is 2.46. The fraction of sp³-hybridized carbons (Fsp3) is 0.650. The Labute approximate surface area is 159 Å². The zero-order valence-electron chi connectivity index (χ0n) is 16.4. The predicted molar refractivity (Wildman–Crippen MR) is 99.7 cm³/mol. The molecule has 1 saturated carbocycles. The topological polar surface area (TPSA) is 73.4 Å². The molecule has 2 aromatic heterocycles. The Kier molecular flexibility index (Phi) is 5.04. The lowest BCUT2D eigenvalue weighted by Gasteiger charge is -2.35. The number of piperidine rings is 1. The minimum absolute atomic E-state index is 0.0566. The number of carbonyl (C=O) groups excluding carboxylic acids is 1. The SMILES string of the molecule is COCc1c(C(=O)N2CCC(n3c(C)cnc3C3CCC3)CC2)noc1C. The zero-order chi connectivity index (χ0) is 19.0. The van der Waals surface area contributed by atoms with Crippen LogP contribution in [-0.4, -0.2) is 45.7 Å². The molecule has 0 radical (unpaired) electrons. The first-order chi connectivity index (χ1) is 13.1. The van der Waals surface area contributed by atoms with Gasteiger partial charge in [0.2, 0.25) is 0 Å². The van der Waals surface area contributed by atoms with Gasteiger partial charge in [0.05, 0.1) is 12.2 Å². The molecule has 1 aliphatic heterocycles. The average Bonchev–Trinajstić information content (AvgIpc) is 3.17. The van der Waals surface area contributed by atoms with Gasteiger partial charge in [0.25, 0.3) is 5.91 Å². The molecule has 146 valence electrons. The van der Waals surface area contributed by atoms with Crippen LogP contribution in [0.25, 0.3) is 0 Å². The van der Waals surface area contributed by atoms with Crippen molar-refractivity contribution in [2.24, 2.45) is 0 Å². The van der Waals surface area contributed by atoms with Crippen molar-refractivity contribution in [3.05, 3.63) is 34.7 Å². The Morgan fingerprint density at radius 3 is 2.63 bits per heavy atom. The van der Waals surface area contributed by atoms with Crippen LogP contribution in [-0.2, 0) is 11.3 Å². The number of nitrogens with zero attached hydrogens (tertiary/aromatic N) is 4. The van der Waals surface area contributed by atoms with E-state index in [0.717, 1.165) is 31.5 Å². The lowest BCUT2D eigenvalue weighted by molar-refractivity contribution is 0.0677. The highest BCUT2D eigenvalue weighted by Crippen LogP contribution is 2.38. The molecule has 2 fully saturated rings. The Morgan fingerprint density at radius 2 is 2.00 bits per heavy atom. The van der Waals surface area contributed by atoms with Crippen LogP contribution in [0.4, 0.5) is 0 Å². The molecule has 3 heterocycles. The molecule has 7 heteroatoms. The van der Waals surface area contributed by atoms with Crippen molar-refractivity contribution in [2.75, 3.05) is 20.2 Å². The molecule has 0 aromatic carbocycles. The molecule has 2 aliphatic rings. The van der Waals surface area contributed by atoms with Crippen LogP contribution < -0.4 is 0 Å². The first-order valence-corrected chi connectivity index (χ1v) is 9.87. The lowest BCUT2D eigenvalue weighted by atomic mass is 9.84. The van der Waals surface area contributed by atoms with Crippen molar-refractivity contribution in [2.45, 2.75) is 64.5 Å².